The normalized spacial score (nSPS) is 24.1. The van der Waals surface area contributed by atoms with Crippen molar-refractivity contribution in [2.75, 3.05) is 0 Å². The second kappa shape index (κ2) is 5.26. The Balaban J connectivity index is 0.00000112. The average molecular weight is 283 g/mol. The molecule has 2 rings (SSSR count). The average Bonchev–Trinajstić information content (AvgIpc) is 2.06. The van der Waals surface area contributed by atoms with Crippen molar-refractivity contribution < 1.29 is 48.1 Å². The Morgan fingerprint density at radius 2 is 1.87 bits per heavy atom. The van der Waals surface area contributed by atoms with Crippen LogP contribution in [0.2, 0.25) is 0 Å². The number of aromatic hydroxyl groups is 2. The largest absolute Gasteiger partial charge is 0.535 e. The van der Waals surface area contributed by atoms with Crippen molar-refractivity contribution in [2.24, 2.45) is 0 Å². The third kappa shape index (κ3) is 2.69. The second-order valence-electron chi connectivity index (χ2n) is 3.68. The molecule has 15 heavy (non-hydrogen) atoms. The van der Waals surface area contributed by atoms with Crippen LogP contribution in [0, 0.1) is 0 Å². The summed E-state index contributed by atoms with van der Waals surface area (Å²) in [6.07, 6.45) is 1.52. The molecule has 79 valence electrons. The molecule has 1 saturated carbocycles. The van der Waals surface area contributed by atoms with Gasteiger partial charge in [0.2, 0.25) is 0 Å². The van der Waals surface area contributed by atoms with E-state index in [1.165, 1.54) is 6.07 Å². The Bertz CT molecular complexity index is 339. The van der Waals surface area contributed by atoms with Crippen LogP contribution in [0.4, 0.5) is 0 Å². The van der Waals surface area contributed by atoms with Crippen molar-refractivity contribution >= 4 is 0 Å². The third-order valence-corrected chi connectivity index (χ3v) is 2.73. The molecular formula is C10H12NO3Y-. The minimum absolute atomic E-state index is 0. The van der Waals surface area contributed by atoms with Crippen LogP contribution in [0.3, 0.4) is 0 Å². The first-order chi connectivity index (χ1) is 6.70. The molecule has 1 aromatic rings. The molecule has 3 N–H and O–H groups in total. The molecule has 1 fully saturated rings. The van der Waals surface area contributed by atoms with E-state index in [-0.39, 0.29) is 56.2 Å². The van der Waals surface area contributed by atoms with Gasteiger partial charge in [-0.25, -0.2) is 0 Å². The molecule has 0 unspecified atom stereocenters. The van der Waals surface area contributed by atoms with Gasteiger partial charge in [-0.1, -0.05) is 18.9 Å². The Kier molecular flexibility index (Phi) is 4.52. The zero-order valence-corrected chi connectivity index (χ0v) is 11.0. The maximum atomic E-state index is 9.53. The molecule has 0 heterocycles. The van der Waals surface area contributed by atoms with E-state index in [9.17, 15) is 5.11 Å². The SMILES string of the molecule is O[N-]C1CC(c2ccc(O)cc2O)C1.[Y]. The van der Waals surface area contributed by atoms with Crippen LogP contribution in [0.5, 0.6) is 11.5 Å². The summed E-state index contributed by atoms with van der Waals surface area (Å²) in [5.41, 5.74) is 4.01. The molecule has 5 heteroatoms. The Morgan fingerprint density at radius 1 is 1.20 bits per heavy atom. The number of benzene rings is 1. The van der Waals surface area contributed by atoms with E-state index >= 15 is 0 Å². The molecule has 0 amide bonds. The van der Waals surface area contributed by atoms with Crippen LogP contribution in [-0.2, 0) is 32.7 Å². The molecule has 4 nitrogen and oxygen atoms in total. The van der Waals surface area contributed by atoms with Crippen LogP contribution in [-0.4, -0.2) is 21.5 Å². The van der Waals surface area contributed by atoms with Crippen molar-refractivity contribution in [3.8, 4) is 11.5 Å². The van der Waals surface area contributed by atoms with Gasteiger partial charge >= 0.3 is 0 Å². The van der Waals surface area contributed by atoms with E-state index < -0.39 is 0 Å². The first-order valence-corrected chi connectivity index (χ1v) is 4.57. The van der Waals surface area contributed by atoms with Gasteiger partial charge in [0.25, 0.3) is 0 Å². The summed E-state index contributed by atoms with van der Waals surface area (Å²) in [6, 6.07) is 4.60. The summed E-state index contributed by atoms with van der Waals surface area (Å²) in [5, 5.41) is 27.1. The molecule has 1 radical (unpaired) electrons. The van der Waals surface area contributed by atoms with Crippen LogP contribution < -0.4 is 0 Å². The molecule has 0 bridgehead atoms. The maximum absolute atomic E-state index is 9.53. The second-order valence-corrected chi connectivity index (χ2v) is 3.68. The van der Waals surface area contributed by atoms with Crippen molar-refractivity contribution in [2.45, 2.75) is 24.8 Å². The summed E-state index contributed by atoms with van der Waals surface area (Å²) >= 11 is 0. The number of phenols is 2. The Hall–Kier alpha value is -0.156. The monoisotopic (exact) mass is 283 g/mol. The van der Waals surface area contributed by atoms with E-state index in [2.05, 4.69) is 5.48 Å². The van der Waals surface area contributed by atoms with E-state index in [1.807, 2.05) is 0 Å². The molecule has 0 spiro atoms. The molecule has 0 saturated heterocycles. The zero-order chi connectivity index (χ0) is 10.1. The smallest absolute Gasteiger partial charge is 0.122 e. The summed E-state index contributed by atoms with van der Waals surface area (Å²) < 4.78 is 0. The summed E-state index contributed by atoms with van der Waals surface area (Å²) in [6.45, 7) is 0. The van der Waals surface area contributed by atoms with E-state index in [0.717, 1.165) is 18.4 Å². The predicted octanol–water partition coefficient (Wildman–Crippen LogP) is 2.10. The maximum Gasteiger partial charge on any atom is 0.122 e. The van der Waals surface area contributed by atoms with Crippen molar-refractivity contribution in [1.82, 2.24) is 0 Å². The molecule has 0 atom stereocenters. The van der Waals surface area contributed by atoms with Crippen molar-refractivity contribution in [3.63, 3.8) is 0 Å². The van der Waals surface area contributed by atoms with Crippen LogP contribution in [0.15, 0.2) is 18.2 Å². The van der Waals surface area contributed by atoms with Gasteiger partial charge in [-0.15, -0.1) is 6.04 Å². The molecule has 0 aliphatic heterocycles. The number of hydrogen-bond donors (Lipinski definition) is 3. The quantitative estimate of drug-likeness (QED) is 0.728. The number of nitrogens with zero attached hydrogens (tertiary/aromatic N) is 1. The number of hydroxylamine groups is 1. The summed E-state index contributed by atoms with van der Waals surface area (Å²) in [4.78, 5) is 0. The predicted molar refractivity (Wildman–Crippen MR) is 50.7 cm³/mol. The van der Waals surface area contributed by atoms with E-state index in [0.29, 0.717) is 0 Å². The minimum atomic E-state index is 0. The van der Waals surface area contributed by atoms with Crippen LogP contribution >= 0.6 is 0 Å². The standard InChI is InChI=1S/C10H12NO3.Y/c12-8-1-2-9(10(13)5-8)6-3-7(4-6)11-14;/h1-2,5-7,12-14H,3-4H2;/q-1;. The fourth-order valence-corrected chi connectivity index (χ4v) is 1.81. The summed E-state index contributed by atoms with van der Waals surface area (Å²) in [5.74, 6) is 0.428. The van der Waals surface area contributed by atoms with Crippen molar-refractivity contribution in [3.05, 3.63) is 29.2 Å². The van der Waals surface area contributed by atoms with Gasteiger partial charge in [0, 0.05) is 38.8 Å². The minimum Gasteiger partial charge on any atom is -0.535 e. The van der Waals surface area contributed by atoms with Gasteiger partial charge in [0.05, 0.1) is 0 Å². The number of phenolic OH excluding ortho intramolecular Hbond substituents is 2. The van der Waals surface area contributed by atoms with E-state index in [1.54, 1.807) is 12.1 Å². The molecule has 0 aromatic heterocycles. The number of rotatable bonds is 2. The summed E-state index contributed by atoms with van der Waals surface area (Å²) in [7, 11) is 0. The molecule has 1 aromatic carbocycles. The fraction of sp³-hybridized carbons (Fsp3) is 0.400. The van der Waals surface area contributed by atoms with Crippen LogP contribution in [0.25, 0.3) is 5.48 Å². The van der Waals surface area contributed by atoms with Gasteiger partial charge < -0.3 is 20.9 Å². The molecule has 1 aliphatic rings. The first-order valence-electron chi connectivity index (χ1n) is 4.57. The third-order valence-electron chi connectivity index (χ3n) is 2.73. The van der Waals surface area contributed by atoms with Gasteiger partial charge in [-0.2, -0.15) is 0 Å². The fourth-order valence-electron chi connectivity index (χ4n) is 1.81. The molecule has 1 aliphatic carbocycles. The number of hydrogen-bond acceptors (Lipinski definition) is 3. The zero-order valence-electron chi connectivity index (χ0n) is 8.17. The Labute approximate surface area is 113 Å². The Morgan fingerprint density at radius 3 is 2.40 bits per heavy atom. The van der Waals surface area contributed by atoms with Gasteiger partial charge in [-0.3, -0.25) is 0 Å². The first kappa shape index (κ1) is 12.9. The van der Waals surface area contributed by atoms with Crippen LogP contribution in [0.1, 0.15) is 24.3 Å². The van der Waals surface area contributed by atoms with Crippen molar-refractivity contribution in [1.29, 1.82) is 0 Å². The van der Waals surface area contributed by atoms with Gasteiger partial charge in [0.15, 0.2) is 0 Å². The van der Waals surface area contributed by atoms with E-state index in [4.69, 9.17) is 10.3 Å². The van der Waals surface area contributed by atoms with Gasteiger partial charge in [-0.05, 0) is 17.5 Å². The topological polar surface area (TPSA) is 74.8 Å². The van der Waals surface area contributed by atoms with Gasteiger partial charge in [0.1, 0.15) is 11.5 Å². The molecular weight excluding hydrogens is 271 g/mol.